The van der Waals surface area contributed by atoms with Gasteiger partial charge in [0, 0.05) is 56.2 Å². The van der Waals surface area contributed by atoms with E-state index in [2.05, 4.69) is 20.1 Å². The third-order valence-corrected chi connectivity index (χ3v) is 4.52. The molecule has 1 aromatic carbocycles. The van der Waals surface area contributed by atoms with Gasteiger partial charge in [-0.3, -0.25) is 9.69 Å². The van der Waals surface area contributed by atoms with Crippen molar-refractivity contribution in [3.05, 3.63) is 59.1 Å². The highest BCUT2D eigenvalue weighted by molar-refractivity contribution is 6.30. The summed E-state index contributed by atoms with van der Waals surface area (Å²) in [5.41, 5.74) is 1.55. The summed E-state index contributed by atoms with van der Waals surface area (Å²) in [7, 11) is 0. The number of nitrogens with one attached hydrogen (secondary N) is 1. The number of hydrogen-bond donors (Lipinski definition) is 1. The normalized spacial score (nSPS) is 15.2. The number of amides is 1. The number of carbonyl (C=O) groups is 1. The second-order valence-electron chi connectivity index (χ2n) is 5.93. The molecule has 0 spiro atoms. The smallest absolute Gasteiger partial charge is 0.252 e. The largest absolute Gasteiger partial charge is 0.369 e. The number of anilines is 1. The topological polar surface area (TPSA) is 48.5 Å². The molecule has 0 aliphatic carbocycles. The fourth-order valence-corrected chi connectivity index (χ4v) is 2.95. The second kappa shape index (κ2) is 8.27. The molecule has 1 fully saturated rings. The summed E-state index contributed by atoms with van der Waals surface area (Å²) < 4.78 is 12.8. The Morgan fingerprint density at radius 2 is 1.84 bits per heavy atom. The molecule has 25 heavy (non-hydrogen) atoms. The predicted octanol–water partition coefficient (Wildman–Crippen LogP) is 2.43. The summed E-state index contributed by atoms with van der Waals surface area (Å²) in [6.45, 7) is 5.11. The molecular weight excluding hydrogens is 343 g/mol. The van der Waals surface area contributed by atoms with Gasteiger partial charge in [0.2, 0.25) is 5.95 Å². The maximum atomic E-state index is 12.8. The highest BCUT2D eigenvalue weighted by Crippen LogP contribution is 2.19. The van der Waals surface area contributed by atoms with Gasteiger partial charge < -0.3 is 10.2 Å². The van der Waals surface area contributed by atoms with Crippen LogP contribution in [0.2, 0.25) is 5.02 Å². The molecule has 132 valence electrons. The van der Waals surface area contributed by atoms with Gasteiger partial charge in [0.1, 0.15) is 0 Å². The zero-order chi connectivity index (χ0) is 17.6. The van der Waals surface area contributed by atoms with Crippen molar-refractivity contribution in [2.45, 2.75) is 0 Å². The zero-order valence-electron chi connectivity index (χ0n) is 13.8. The first-order chi connectivity index (χ1) is 12.1. The van der Waals surface area contributed by atoms with E-state index in [-0.39, 0.29) is 5.91 Å². The fourth-order valence-electron chi connectivity index (χ4n) is 2.82. The lowest BCUT2D eigenvalue weighted by molar-refractivity contribution is 0.0947. The molecule has 1 N–H and O–H groups in total. The third-order valence-electron chi connectivity index (χ3n) is 4.27. The third kappa shape index (κ3) is 4.90. The van der Waals surface area contributed by atoms with Crippen LogP contribution in [0, 0.1) is 5.95 Å². The molecule has 5 nitrogen and oxygen atoms in total. The predicted molar refractivity (Wildman–Crippen MR) is 96.6 cm³/mol. The molecule has 7 heteroatoms. The van der Waals surface area contributed by atoms with E-state index in [1.807, 2.05) is 24.3 Å². The molecule has 2 heterocycles. The Bertz CT molecular complexity index is 700. The van der Waals surface area contributed by atoms with Gasteiger partial charge in [0.05, 0.1) is 5.56 Å². The molecule has 0 bridgehead atoms. The van der Waals surface area contributed by atoms with Crippen LogP contribution in [0.1, 0.15) is 10.4 Å². The van der Waals surface area contributed by atoms with Crippen molar-refractivity contribution in [2.24, 2.45) is 0 Å². The molecule has 1 saturated heterocycles. The summed E-state index contributed by atoms with van der Waals surface area (Å²) in [5, 5.41) is 3.59. The summed E-state index contributed by atoms with van der Waals surface area (Å²) in [6.07, 6.45) is 1.25. The van der Waals surface area contributed by atoms with Crippen LogP contribution in [0.15, 0.2) is 42.6 Å². The summed E-state index contributed by atoms with van der Waals surface area (Å²) in [5.74, 6) is -0.817. The molecule has 0 atom stereocenters. The lowest BCUT2D eigenvalue weighted by Crippen LogP contribution is -2.48. The molecule has 0 saturated carbocycles. The van der Waals surface area contributed by atoms with Crippen molar-refractivity contribution in [2.75, 3.05) is 44.2 Å². The van der Waals surface area contributed by atoms with E-state index in [1.54, 1.807) is 0 Å². The first-order valence-electron chi connectivity index (χ1n) is 8.24. The maximum absolute atomic E-state index is 12.8. The molecule has 0 unspecified atom stereocenters. The first-order valence-corrected chi connectivity index (χ1v) is 8.62. The molecule has 0 radical (unpaired) electrons. The van der Waals surface area contributed by atoms with Crippen LogP contribution in [-0.2, 0) is 0 Å². The van der Waals surface area contributed by atoms with Crippen LogP contribution in [0.3, 0.4) is 0 Å². The van der Waals surface area contributed by atoms with Crippen molar-refractivity contribution in [1.29, 1.82) is 0 Å². The van der Waals surface area contributed by atoms with E-state index in [4.69, 9.17) is 11.6 Å². The Kier molecular flexibility index (Phi) is 5.83. The van der Waals surface area contributed by atoms with Gasteiger partial charge in [-0.25, -0.2) is 4.98 Å². The van der Waals surface area contributed by atoms with Crippen molar-refractivity contribution < 1.29 is 9.18 Å². The Morgan fingerprint density at radius 1 is 1.12 bits per heavy atom. The Morgan fingerprint density at radius 3 is 2.48 bits per heavy atom. The SMILES string of the molecule is O=C(NCCN1CCN(c2ccc(Cl)cc2)CC1)c1ccc(F)nc1. The summed E-state index contributed by atoms with van der Waals surface area (Å²) >= 11 is 5.92. The number of aromatic nitrogens is 1. The van der Waals surface area contributed by atoms with E-state index >= 15 is 0 Å². The number of piperazine rings is 1. The van der Waals surface area contributed by atoms with Crippen LogP contribution >= 0.6 is 11.6 Å². The van der Waals surface area contributed by atoms with E-state index in [9.17, 15) is 9.18 Å². The fraction of sp³-hybridized carbons (Fsp3) is 0.333. The quantitative estimate of drug-likeness (QED) is 0.830. The maximum Gasteiger partial charge on any atom is 0.252 e. The number of nitrogens with zero attached hydrogens (tertiary/aromatic N) is 3. The molecular formula is C18H20ClFN4O. The number of benzene rings is 1. The van der Waals surface area contributed by atoms with Gasteiger partial charge in [-0.05, 0) is 36.4 Å². The van der Waals surface area contributed by atoms with Crippen LogP contribution in [0.4, 0.5) is 10.1 Å². The molecule has 1 aliphatic rings. The first kappa shape index (κ1) is 17.6. The van der Waals surface area contributed by atoms with E-state index < -0.39 is 5.95 Å². The summed E-state index contributed by atoms with van der Waals surface area (Å²) in [4.78, 5) is 20.1. The molecule has 1 aromatic heterocycles. The van der Waals surface area contributed by atoms with Gasteiger partial charge in [-0.1, -0.05) is 11.6 Å². The number of halogens is 2. The molecule has 1 amide bonds. The highest BCUT2D eigenvalue weighted by atomic mass is 35.5. The lowest BCUT2D eigenvalue weighted by Gasteiger charge is -2.36. The average Bonchev–Trinajstić information content (AvgIpc) is 2.63. The molecule has 1 aliphatic heterocycles. The van der Waals surface area contributed by atoms with E-state index in [0.29, 0.717) is 12.1 Å². The Labute approximate surface area is 151 Å². The van der Waals surface area contributed by atoms with Crippen molar-refractivity contribution in [3.63, 3.8) is 0 Å². The Hall–Kier alpha value is -2.18. The monoisotopic (exact) mass is 362 g/mol. The molecule has 3 rings (SSSR count). The average molecular weight is 363 g/mol. The minimum atomic E-state index is -0.588. The zero-order valence-corrected chi connectivity index (χ0v) is 14.5. The van der Waals surface area contributed by atoms with Gasteiger partial charge in [0.25, 0.3) is 5.91 Å². The van der Waals surface area contributed by atoms with Crippen molar-refractivity contribution >= 4 is 23.2 Å². The molecule has 2 aromatic rings. The Balaban J connectivity index is 1.40. The highest BCUT2D eigenvalue weighted by Gasteiger charge is 2.17. The van der Waals surface area contributed by atoms with Gasteiger partial charge >= 0.3 is 0 Å². The number of pyridine rings is 1. The minimum absolute atomic E-state index is 0.229. The van der Waals surface area contributed by atoms with E-state index in [1.165, 1.54) is 24.0 Å². The van der Waals surface area contributed by atoms with Gasteiger partial charge in [-0.15, -0.1) is 0 Å². The van der Waals surface area contributed by atoms with Crippen LogP contribution in [0.25, 0.3) is 0 Å². The van der Waals surface area contributed by atoms with Crippen LogP contribution in [0.5, 0.6) is 0 Å². The standard InChI is InChI=1S/C18H20ClFN4O/c19-15-2-4-16(5-3-15)24-11-9-23(10-12-24)8-7-21-18(25)14-1-6-17(20)22-13-14/h1-6,13H,7-12H2,(H,21,25). The van der Waals surface area contributed by atoms with Crippen LogP contribution in [-0.4, -0.2) is 55.1 Å². The summed E-state index contributed by atoms with van der Waals surface area (Å²) in [6, 6.07) is 10.5. The van der Waals surface area contributed by atoms with Crippen LogP contribution < -0.4 is 10.2 Å². The second-order valence-corrected chi connectivity index (χ2v) is 6.37. The number of rotatable bonds is 5. The lowest BCUT2D eigenvalue weighted by atomic mass is 10.2. The van der Waals surface area contributed by atoms with Gasteiger partial charge in [0.15, 0.2) is 0 Å². The number of hydrogen-bond acceptors (Lipinski definition) is 4. The van der Waals surface area contributed by atoms with Gasteiger partial charge in [-0.2, -0.15) is 4.39 Å². The van der Waals surface area contributed by atoms with Crippen molar-refractivity contribution in [3.8, 4) is 0 Å². The number of carbonyl (C=O) groups excluding carboxylic acids is 1. The van der Waals surface area contributed by atoms with E-state index in [0.717, 1.165) is 37.7 Å². The minimum Gasteiger partial charge on any atom is -0.369 e. The van der Waals surface area contributed by atoms with Crippen molar-refractivity contribution in [1.82, 2.24) is 15.2 Å².